The Labute approximate surface area is 179 Å². The van der Waals surface area contributed by atoms with Crippen LogP contribution in [0.1, 0.15) is 56.2 Å². The van der Waals surface area contributed by atoms with Gasteiger partial charge in [0.2, 0.25) is 0 Å². The lowest BCUT2D eigenvalue weighted by molar-refractivity contribution is 0.0673. The van der Waals surface area contributed by atoms with Crippen LogP contribution in [-0.2, 0) is 9.84 Å². The maximum absolute atomic E-state index is 13.6. The first-order chi connectivity index (χ1) is 14.2. The molecule has 1 aliphatic rings. The van der Waals surface area contributed by atoms with E-state index in [1.54, 1.807) is 11.1 Å². The largest absolute Gasteiger partial charge is 0.333 e. The van der Waals surface area contributed by atoms with Crippen LogP contribution in [0.15, 0.2) is 12.3 Å². The van der Waals surface area contributed by atoms with E-state index in [1.165, 1.54) is 0 Å². The van der Waals surface area contributed by atoms with Gasteiger partial charge in [-0.25, -0.2) is 18.1 Å². The van der Waals surface area contributed by atoms with Crippen molar-refractivity contribution in [3.8, 4) is 0 Å². The fraction of sp³-hybridized carbons (Fsp3) is 0.667. The molecule has 1 aliphatic heterocycles. The summed E-state index contributed by atoms with van der Waals surface area (Å²) < 4.78 is 26.0. The number of pyridine rings is 1. The second kappa shape index (κ2) is 9.01. The van der Waals surface area contributed by atoms with E-state index in [0.717, 1.165) is 30.7 Å². The van der Waals surface area contributed by atoms with Crippen LogP contribution in [0.5, 0.6) is 0 Å². The van der Waals surface area contributed by atoms with Crippen molar-refractivity contribution in [3.05, 3.63) is 23.5 Å². The van der Waals surface area contributed by atoms with Gasteiger partial charge in [0.1, 0.15) is 0 Å². The Bertz CT molecular complexity index is 1010. The van der Waals surface area contributed by atoms with E-state index in [4.69, 9.17) is 0 Å². The molecule has 0 N–H and O–H groups in total. The van der Waals surface area contributed by atoms with Gasteiger partial charge < -0.3 is 9.80 Å². The van der Waals surface area contributed by atoms with Crippen LogP contribution in [0.4, 0.5) is 0 Å². The van der Waals surface area contributed by atoms with E-state index in [0.29, 0.717) is 24.2 Å². The van der Waals surface area contributed by atoms with Crippen LogP contribution in [0.25, 0.3) is 11.0 Å². The zero-order valence-corrected chi connectivity index (χ0v) is 19.4. The second-order valence-corrected chi connectivity index (χ2v) is 10.5. The molecular weight excluding hydrogens is 402 g/mol. The molecule has 3 rings (SSSR count). The van der Waals surface area contributed by atoms with Gasteiger partial charge in [-0.3, -0.25) is 4.79 Å². The van der Waals surface area contributed by atoms with Gasteiger partial charge in [-0.1, -0.05) is 13.8 Å². The summed E-state index contributed by atoms with van der Waals surface area (Å²) in [6.07, 6.45) is 2.23. The number of fused-ring (bicyclic) bond motifs is 1. The van der Waals surface area contributed by atoms with Gasteiger partial charge in [0.25, 0.3) is 5.91 Å². The average molecular weight is 436 g/mol. The number of carbonyl (C=O) groups excluding carboxylic acids is 1. The first-order valence-electron chi connectivity index (χ1n) is 10.8. The van der Waals surface area contributed by atoms with Crippen molar-refractivity contribution in [2.45, 2.75) is 53.1 Å². The molecule has 1 amide bonds. The van der Waals surface area contributed by atoms with Crippen molar-refractivity contribution in [2.75, 3.05) is 37.7 Å². The molecule has 0 aromatic carbocycles. The molecule has 1 unspecified atom stereocenters. The van der Waals surface area contributed by atoms with Crippen LogP contribution in [0.3, 0.4) is 0 Å². The molecule has 2 aromatic rings. The normalized spacial score (nSPS) is 18.6. The molecule has 9 heteroatoms. The number of aromatic nitrogens is 3. The molecule has 2 aromatic heterocycles. The summed E-state index contributed by atoms with van der Waals surface area (Å²) in [6, 6.07) is 1.73. The Morgan fingerprint density at radius 3 is 2.53 bits per heavy atom. The van der Waals surface area contributed by atoms with E-state index < -0.39 is 9.84 Å². The van der Waals surface area contributed by atoms with Crippen molar-refractivity contribution >= 4 is 26.8 Å². The van der Waals surface area contributed by atoms with Crippen molar-refractivity contribution in [3.63, 3.8) is 0 Å². The lowest BCUT2D eigenvalue weighted by Gasteiger charge is -2.31. The van der Waals surface area contributed by atoms with E-state index in [-0.39, 0.29) is 29.5 Å². The van der Waals surface area contributed by atoms with Crippen LogP contribution >= 0.6 is 0 Å². The molecule has 0 radical (unpaired) electrons. The number of hydrogen-bond donors (Lipinski definition) is 0. The molecule has 1 atom stereocenters. The lowest BCUT2D eigenvalue weighted by atomic mass is 10.1. The maximum atomic E-state index is 13.6. The number of rotatable bonds is 8. The minimum Gasteiger partial charge on any atom is -0.333 e. The first-order valence-corrected chi connectivity index (χ1v) is 12.6. The zero-order chi connectivity index (χ0) is 22.1. The highest BCUT2D eigenvalue weighted by molar-refractivity contribution is 7.91. The Morgan fingerprint density at radius 1 is 1.27 bits per heavy atom. The van der Waals surface area contributed by atoms with Gasteiger partial charge in [0.05, 0.1) is 29.0 Å². The number of aryl methyl sites for hydroxylation is 1. The van der Waals surface area contributed by atoms with Gasteiger partial charge in [0, 0.05) is 30.6 Å². The molecule has 166 valence electrons. The number of sulfone groups is 1. The molecule has 1 saturated heterocycles. The fourth-order valence-corrected chi connectivity index (χ4v) is 5.81. The highest BCUT2D eigenvalue weighted by atomic mass is 32.2. The molecule has 0 aliphatic carbocycles. The third kappa shape index (κ3) is 4.67. The molecule has 1 fully saturated rings. The summed E-state index contributed by atoms with van der Waals surface area (Å²) in [5, 5.41) is 5.22. The minimum absolute atomic E-state index is 0.0387. The van der Waals surface area contributed by atoms with Crippen LogP contribution in [0.2, 0.25) is 0 Å². The highest BCUT2D eigenvalue weighted by Crippen LogP contribution is 2.24. The average Bonchev–Trinajstić information content (AvgIpc) is 3.26. The molecule has 0 bridgehead atoms. The third-order valence-corrected chi connectivity index (χ3v) is 7.69. The first kappa shape index (κ1) is 22.7. The number of amides is 1. The minimum atomic E-state index is -3.09. The SMILES string of the molecule is CCN(CC)CCN(C(=O)c1cc2cnn(C(C)C)c2nc1C)C1CCS(=O)(=O)C1. The highest BCUT2D eigenvalue weighted by Gasteiger charge is 2.35. The van der Waals surface area contributed by atoms with E-state index in [9.17, 15) is 13.2 Å². The van der Waals surface area contributed by atoms with E-state index in [1.807, 2.05) is 31.5 Å². The van der Waals surface area contributed by atoms with Gasteiger partial charge >= 0.3 is 0 Å². The van der Waals surface area contributed by atoms with Gasteiger partial charge in [0.15, 0.2) is 15.5 Å². The summed E-state index contributed by atoms with van der Waals surface area (Å²) in [7, 11) is -3.09. The number of hydrogen-bond acceptors (Lipinski definition) is 6. The number of likely N-dealkylation sites (N-methyl/N-ethyl adjacent to an activating group) is 1. The molecule has 30 heavy (non-hydrogen) atoms. The summed E-state index contributed by atoms with van der Waals surface area (Å²) in [5.41, 5.74) is 1.93. The quantitative estimate of drug-likeness (QED) is 0.632. The van der Waals surface area contributed by atoms with Crippen molar-refractivity contribution in [1.82, 2.24) is 24.6 Å². The van der Waals surface area contributed by atoms with Crippen molar-refractivity contribution in [2.24, 2.45) is 0 Å². The zero-order valence-electron chi connectivity index (χ0n) is 18.6. The maximum Gasteiger partial charge on any atom is 0.256 e. The van der Waals surface area contributed by atoms with Gasteiger partial charge in [-0.15, -0.1) is 0 Å². The predicted molar refractivity (Wildman–Crippen MR) is 119 cm³/mol. The van der Waals surface area contributed by atoms with Crippen molar-refractivity contribution in [1.29, 1.82) is 0 Å². The monoisotopic (exact) mass is 435 g/mol. The van der Waals surface area contributed by atoms with Gasteiger partial charge in [-0.2, -0.15) is 5.10 Å². The van der Waals surface area contributed by atoms with Crippen LogP contribution in [-0.4, -0.2) is 82.6 Å². The van der Waals surface area contributed by atoms with Crippen LogP contribution in [0, 0.1) is 6.92 Å². The fourth-order valence-electron chi connectivity index (χ4n) is 4.07. The van der Waals surface area contributed by atoms with Crippen molar-refractivity contribution < 1.29 is 13.2 Å². The van der Waals surface area contributed by atoms with Crippen LogP contribution < -0.4 is 0 Å². The predicted octanol–water partition coefficient (Wildman–Crippen LogP) is 2.29. The topological polar surface area (TPSA) is 88.4 Å². The van der Waals surface area contributed by atoms with Gasteiger partial charge in [-0.05, 0) is 46.3 Å². The summed E-state index contributed by atoms with van der Waals surface area (Å²) in [6.45, 7) is 13.1. The number of nitrogens with zero attached hydrogens (tertiary/aromatic N) is 5. The van der Waals surface area contributed by atoms with E-state index in [2.05, 4.69) is 28.8 Å². The molecular formula is C21H33N5O3S. The molecule has 0 spiro atoms. The third-order valence-electron chi connectivity index (χ3n) is 5.94. The van der Waals surface area contributed by atoms with E-state index >= 15 is 0 Å². The molecule has 0 saturated carbocycles. The molecule has 3 heterocycles. The second-order valence-electron chi connectivity index (χ2n) is 8.30. The standard InChI is InChI=1S/C21H33N5O3S/c1-6-24(7-2)9-10-25(18-8-11-30(28,29)14-18)21(27)19-12-17-13-22-26(15(3)4)20(17)23-16(19)5/h12-13,15,18H,6-11,14H2,1-5H3. The Morgan fingerprint density at radius 2 is 1.97 bits per heavy atom. The Kier molecular flexibility index (Phi) is 6.81. The smallest absolute Gasteiger partial charge is 0.256 e. The summed E-state index contributed by atoms with van der Waals surface area (Å²) in [5.74, 6) is 0.0367. The number of carbonyl (C=O) groups is 1. The Balaban J connectivity index is 1.94. The lowest BCUT2D eigenvalue weighted by Crippen LogP contribution is -2.45. The Hall–Kier alpha value is -2.00. The summed E-state index contributed by atoms with van der Waals surface area (Å²) in [4.78, 5) is 22.2. The summed E-state index contributed by atoms with van der Waals surface area (Å²) >= 11 is 0. The molecule has 8 nitrogen and oxygen atoms in total.